The first-order valence-electron chi connectivity index (χ1n) is 12.2. The van der Waals surface area contributed by atoms with Crippen LogP contribution in [0.2, 0.25) is 0 Å². The molecule has 4 atom stereocenters. The van der Waals surface area contributed by atoms with Crippen LogP contribution in [0.4, 0.5) is 0 Å². The minimum atomic E-state index is -0.482. The van der Waals surface area contributed by atoms with Crippen LogP contribution < -0.4 is 0 Å². The van der Waals surface area contributed by atoms with Crippen LogP contribution in [0.5, 0.6) is 0 Å². The van der Waals surface area contributed by atoms with Crippen LogP contribution in [-0.2, 0) is 4.84 Å². The molecule has 1 heterocycles. The Kier molecular flexibility index (Phi) is 6.07. The average Bonchev–Trinajstić information content (AvgIpc) is 3.04. The van der Waals surface area contributed by atoms with Gasteiger partial charge in [-0.25, -0.2) is 0 Å². The quantitative estimate of drug-likeness (QED) is 0.562. The molecule has 1 aliphatic carbocycles. The summed E-state index contributed by atoms with van der Waals surface area (Å²) < 4.78 is 0. The zero-order chi connectivity index (χ0) is 23.3. The van der Waals surface area contributed by atoms with Gasteiger partial charge in [-0.15, -0.1) is 0 Å². The number of aliphatic hydroxyl groups excluding tert-OH is 1. The number of nitrogens with zero attached hydrogens (tertiary/aromatic N) is 1. The summed E-state index contributed by atoms with van der Waals surface area (Å²) in [5, 5.41) is 13.9. The van der Waals surface area contributed by atoms with Crippen molar-refractivity contribution in [1.29, 1.82) is 0 Å². The zero-order valence-corrected chi connectivity index (χ0v) is 20.9. The highest BCUT2D eigenvalue weighted by atomic mass is 16.7. The molecule has 174 valence electrons. The molecule has 0 unspecified atom stereocenters. The van der Waals surface area contributed by atoms with Crippen molar-refractivity contribution in [2.24, 2.45) is 5.41 Å². The summed E-state index contributed by atoms with van der Waals surface area (Å²) in [6.07, 6.45) is 2.84. The minimum Gasteiger partial charge on any atom is -0.392 e. The van der Waals surface area contributed by atoms with E-state index < -0.39 is 6.10 Å². The van der Waals surface area contributed by atoms with E-state index in [4.69, 9.17) is 4.84 Å². The second-order valence-corrected chi connectivity index (χ2v) is 12.2. The predicted octanol–water partition coefficient (Wildman–Crippen LogP) is 6.99. The van der Waals surface area contributed by atoms with Gasteiger partial charge in [0.25, 0.3) is 0 Å². The van der Waals surface area contributed by atoms with Crippen molar-refractivity contribution in [3.8, 4) is 0 Å². The summed E-state index contributed by atoms with van der Waals surface area (Å²) in [4.78, 5) is 7.09. The van der Waals surface area contributed by atoms with Gasteiger partial charge < -0.3 is 5.11 Å². The molecule has 4 rings (SSSR count). The van der Waals surface area contributed by atoms with E-state index in [1.54, 1.807) is 0 Å². The monoisotopic (exact) mass is 435 g/mol. The van der Waals surface area contributed by atoms with Gasteiger partial charge in [-0.3, -0.25) is 4.84 Å². The maximum Gasteiger partial charge on any atom is 0.112 e. The largest absolute Gasteiger partial charge is 0.392 e. The summed E-state index contributed by atoms with van der Waals surface area (Å²) in [6.45, 7) is 15.6. The molecule has 0 bridgehead atoms. The first-order chi connectivity index (χ1) is 14.9. The van der Waals surface area contributed by atoms with Crippen LogP contribution in [0, 0.1) is 5.41 Å². The van der Waals surface area contributed by atoms with Gasteiger partial charge in [-0.2, -0.15) is 5.06 Å². The van der Waals surface area contributed by atoms with Crippen molar-refractivity contribution in [2.75, 3.05) is 0 Å². The maximum atomic E-state index is 11.6. The van der Waals surface area contributed by atoms with Crippen LogP contribution in [0.15, 0.2) is 54.6 Å². The highest BCUT2D eigenvalue weighted by Gasteiger charge is 2.51. The second kappa shape index (κ2) is 8.27. The Balaban J connectivity index is 1.84. The van der Waals surface area contributed by atoms with Gasteiger partial charge in [0.05, 0.1) is 6.10 Å². The van der Waals surface area contributed by atoms with E-state index in [1.165, 1.54) is 23.1 Å². The standard InChI is InChI=1S/C29H41NO2/c1-27(2,3)26(31)24-21-16-11-12-17-22(21)25(23(24)20-14-9-8-10-15-20)32-30-28(4,5)18-13-19-29(30,6)7/h8-12,14-17,23-26,31H,13,18-19H2,1-7H3/t23-,24+,25-,26-/m1/s1. The lowest BCUT2D eigenvalue weighted by atomic mass is 9.73. The van der Waals surface area contributed by atoms with Gasteiger partial charge in [-0.05, 0) is 69.1 Å². The molecule has 2 aromatic carbocycles. The van der Waals surface area contributed by atoms with E-state index in [-0.39, 0.29) is 34.4 Å². The molecule has 1 saturated heterocycles. The third-order valence-electron chi connectivity index (χ3n) is 7.68. The topological polar surface area (TPSA) is 32.7 Å². The number of hydrogen-bond donors (Lipinski definition) is 1. The Labute approximate surface area is 194 Å². The molecule has 0 radical (unpaired) electrons. The first-order valence-corrected chi connectivity index (χ1v) is 12.2. The third-order valence-corrected chi connectivity index (χ3v) is 7.68. The van der Waals surface area contributed by atoms with Gasteiger partial charge in [0.15, 0.2) is 0 Å². The van der Waals surface area contributed by atoms with Crippen LogP contribution in [-0.4, -0.2) is 27.4 Å². The lowest BCUT2D eigenvalue weighted by Gasteiger charge is -2.52. The lowest BCUT2D eigenvalue weighted by Crippen LogP contribution is -2.58. The van der Waals surface area contributed by atoms with E-state index in [0.717, 1.165) is 12.8 Å². The van der Waals surface area contributed by atoms with Crippen LogP contribution in [0.25, 0.3) is 0 Å². The zero-order valence-electron chi connectivity index (χ0n) is 20.9. The van der Waals surface area contributed by atoms with Gasteiger partial charge in [0.2, 0.25) is 0 Å². The number of aliphatic hydroxyl groups is 1. The Morgan fingerprint density at radius 2 is 1.41 bits per heavy atom. The van der Waals surface area contributed by atoms with Gasteiger partial charge in [-0.1, -0.05) is 75.4 Å². The molecule has 2 aliphatic rings. The Hall–Kier alpha value is -1.68. The predicted molar refractivity (Wildman–Crippen MR) is 132 cm³/mol. The van der Waals surface area contributed by atoms with Crippen molar-refractivity contribution in [2.45, 2.75) is 103 Å². The number of benzene rings is 2. The SMILES string of the molecule is CC(C)(C)[C@H](O)[C@H]1c2ccccc2[C@@H](ON2C(C)(C)CCCC2(C)C)[C@@H]1c1ccccc1. The molecule has 0 spiro atoms. The summed E-state index contributed by atoms with van der Waals surface area (Å²) in [6, 6.07) is 19.3. The van der Waals surface area contributed by atoms with E-state index in [2.05, 4.69) is 108 Å². The molecule has 3 nitrogen and oxygen atoms in total. The third kappa shape index (κ3) is 4.16. The Morgan fingerprint density at radius 3 is 1.97 bits per heavy atom. The summed E-state index contributed by atoms with van der Waals surface area (Å²) in [5.74, 6) is 0.0333. The van der Waals surface area contributed by atoms with Gasteiger partial charge in [0.1, 0.15) is 6.10 Å². The van der Waals surface area contributed by atoms with Crippen molar-refractivity contribution in [1.82, 2.24) is 5.06 Å². The number of hydrogen-bond acceptors (Lipinski definition) is 3. The fourth-order valence-electron chi connectivity index (χ4n) is 6.11. The van der Waals surface area contributed by atoms with Crippen LogP contribution in [0.1, 0.15) is 102 Å². The number of fused-ring (bicyclic) bond motifs is 1. The fraction of sp³-hybridized carbons (Fsp3) is 0.586. The van der Waals surface area contributed by atoms with E-state index >= 15 is 0 Å². The molecule has 1 N–H and O–H groups in total. The maximum absolute atomic E-state index is 11.6. The molecule has 1 fully saturated rings. The van der Waals surface area contributed by atoms with Crippen LogP contribution >= 0.6 is 0 Å². The van der Waals surface area contributed by atoms with Crippen molar-refractivity contribution < 1.29 is 9.94 Å². The highest BCUT2D eigenvalue weighted by molar-refractivity contribution is 5.45. The number of hydroxylamine groups is 2. The molecular formula is C29H41NO2. The van der Waals surface area contributed by atoms with E-state index in [9.17, 15) is 5.11 Å². The van der Waals surface area contributed by atoms with Gasteiger partial charge >= 0.3 is 0 Å². The van der Waals surface area contributed by atoms with Crippen molar-refractivity contribution >= 4 is 0 Å². The second-order valence-electron chi connectivity index (χ2n) is 12.2. The Bertz CT molecular complexity index is 912. The molecule has 3 heteroatoms. The average molecular weight is 436 g/mol. The van der Waals surface area contributed by atoms with Crippen molar-refractivity contribution in [3.63, 3.8) is 0 Å². The van der Waals surface area contributed by atoms with Gasteiger partial charge in [0, 0.05) is 22.9 Å². The molecule has 32 heavy (non-hydrogen) atoms. The van der Waals surface area contributed by atoms with E-state index in [0.29, 0.717) is 0 Å². The molecule has 0 aromatic heterocycles. The molecule has 1 aliphatic heterocycles. The van der Waals surface area contributed by atoms with Crippen molar-refractivity contribution in [3.05, 3.63) is 71.3 Å². The number of rotatable bonds is 4. The molecule has 0 saturated carbocycles. The number of piperidine rings is 1. The lowest BCUT2D eigenvalue weighted by molar-refractivity contribution is -0.310. The smallest absolute Gasteiger partial charge is 0.112 e. The Morgan fingerprint density at radius 1 is 0.875 bits per heavy atom. The summed E-state index contributed by atoms with van der Waals surface area (Å²) >= 11 is 0. The van der Waals surface area contributed by atoms with Crippen LogP contribution in [0.3, 0.4) is 0 Å². The molecular weight excluding hydrogens is 394 g/mol. The molecule has 2 aromatic rings. The highest BCUT2D eigenvalue weighted by Crippen LogP contribution is 2.57. The first kappa shape index (κ1) is 23.5. The fourth-order valence-corrected chi connectivity index (χ4v) is 6.11. The molecule has 0 amide bonds. The van der Waals surface area contributed by atoms with E-state index in [1.807, 2.05) is 0 Å². The summed E-state index contributed by atoms with van der Waals surface area (Å²) in [7, 11) is 0. The minimum absolute atomic E-state index is 0.0189. The normalized spacial score (nSPS) is 28.3. The summed E-state index contributed by atoms with van der Waals surface area (Å²) in [5.41, 5.74) is 3.35.